The molecule has 4 heteroatoms. The Kier molecular flexibility index (Phi) is 3.81. The van der Waals surface area contributed by atoms with Crippen molar-refractivity contribution in [3.8, 4) is 5.75 Å². The fourth-order valence-corrected chi connectivity index (χ4v) is 2.69. The summed E-state index contributed by atoms with van der Waals surface area (Å²) in [5.74, 6) is 0.455. The van der Waals surface area contributed by atoms with E-state index in [0.29, 0.717) is 16.7 Å². The van der Waals surface area contributed by atoms with Gasteiger partial charge in [-0.3, -0.25) is 4.79 Å². The highest BCUT2D eigenvalue weighted by Gasteiger charge is 2.34. The first kappa shape index (κ1) is 13.2. The van der Waals surface area contributed by atoms with Gasteiger partial charge in [0.1, 0.15) is 5.75 Å². The van der Waals surface area contributed by atoms with Crippen LogP contribution in [0.5, 0.6) is 5.75 Å². The smallest absolute Gasteiger partial charge is 0.303 e. The Labute approximate surface area is 112 Å². The highest BCUT2D eigenvalue weighted by Crippen LogP contribution is 2.46. The minimum absolute atomic E-state index is 0.0749. The average molecular weight is 269 g/mol. The Hall–Kier alpha value is -1.22. The number of benzene rings is 1. The zero-order valence-electron chi connectivity index (χ0n) is 10.6. The predicted molar refractivity (Wildman–Crippen MR) is 70.5 cm³/mol. The van der Waals surface area contributed by atoms with Gasteiger partial charge in [0.15, 0.2) is 0 Å². The molecule has 1 aliphatic rings. The molecule has 0 bridgehead atoms. The Morgan fingerprint density at radius 3 is 2.72 bits per heavy atom. The van der Waals surface area contributed by atoms with E-state index < -0.39 is 5.97 Å². The van der Waals surface area contributed by atoms with Crippen LogP contribution in [-0.4, -0.2) is 18.2 Å². The van der Waals surface area contributed by atoms with Gasteiger partial charge in [0.25, 0.3) is 0 Å². The molecule has 1 fully saturated rings. The monoisotopic (exact) mass is 268 g/mol. The standard InChI is InChI=1S/C14H17ClO3/c1-8-5-13(18-2)12(15)6-10(8)11(7-14(16)17)9-3-4-9/h5-6,9,11H,3-4,7H2,1-2H3,(H,16,17). The molecule has 1 aliphatic carbocycles. The van der Waals surface area contributed by atoms with Gasteiger partial charge < -0.3 is 9.84 Å². The summed E-state index contributed by atoms with van der Waals surface area (Å²) in [6.45, 7) is 1.98. The van der Waals surface area contributed by atoms with Crippen molar-refractivity contribution >= 4 is 17.6 Å². The van der Waals surface area contributed by atoms with Crippen LogP contribution in [0.3, 0.4) is 0 Å². The van der Waals surface area contributed by atoms with Gasteiger partial charge in [-0.05, 0) is 54.9 Å². The zero-order chi connectivity index (χ0) is 13.3. The van der Waals surface area contributed by atoms with Gasteiger partial charge >= 0.3 is 5.97 Å². The second kappa shape index (κ2) is 5.19. The van der Waals surface area contributed by atoms with Crippen LogP contribution in [0.4, 0.5) is 0 Å². The highest BCUT2D eigenvalue weighted by molar-refractivity contribution is 6.32. The number of rotatable bonds is 5. The molecule has 0 amide bonds. The molecule has 1 N–H and O–H groups in total. The second-order valence-electron chi connectivity index (χ2n) is 4.89. The molecular weight excluding hydrogens is 252 g/mol. The average Bonchev–Trinajstić information content (AvgIpc) is 3.12. The van der Waals surface area contributed by atoms with E-state index in [2.05, 4.69) is 0 Å². The number of carboxylic acid groups (broad SMARTS) is 1. The molecule has 0 radical (unpaired) electrons. The van der Waals surface area contributed by atoms with Gasteiger partial charge in [-0.2, -0.15) is 0 Å². The summed E-state index contributed by atoms with van der Waals surface area (Å²) < 4.78 is 5.17. The fraction of sp³-hybridized carbons (Fsp3) is 0.500. The van der Waals surface area contributed by atoms with E-state index in [4.69, 9.17) is 21.4 Å². The Bertz CT molecular complexity index is 466. The zero-order valence-corrected chi connectivity index (χ0v) is 11.3. The molecule has 3 nitrogen and oxygen atoms in total. The summed E-state index contributed by atoms with van der Waals surface area (Å²) in [6, 6.07) is 3.75. The summed E-state index contributed by atoms with van der Waals surface area (Å²) in [4.78, 5) is 11.0. The minimum Gasteiger partial charge on any atom is -0.495 e. The van der Waals surface area contributed by atoms with Crippen LogP contribution < -0.4 is 4.74 Å². The van der Waals surface area contributed by atoms with E-state index in [-0.39, 0.29) is 12.3 Å². The first-order chi connectivity index (χ1) is 8.52. The quantitative estimate of drug-likeness (QED) is 0.887. The molecule has 1 atom stereocenters. The molecule has 1 aromatic carbocycles. The topological polar surface area (TPSA) is 46.5 Å². The lowest BCUT2D eigenvalue weighted by Crippen LogP contribution is -2.10. The molecule has 0 aromatic heterocycles. The van der Waals surface area contributed by atoms with Crippen LogP contribution in [0, 0.1) is 12.8 Å². The molecule has 2 rings (SSSR count). The number of halogens is 1. The molecule has 0 spiro atoms. The minimum atomic E-state index is -0.752. The van der Waals surface area contributed by atoms with Crippen molar-refractivity contribution in [2.45, 2.75) is 32.1 Å². The van der Waals surface area contributed by atoms with Crippen molar-refractivity contribution in [1.82, 2.24) is 0 Å². The van der Waals surface area contributed by atoms with Gasteiger partial charge in [0.05, 0.1) is 18.6 Å². The van der Waals surface area contributed by atoms with E-state index in [1.807, 2.05) is 19.1 Å². The summed E-state index contributed by atoms with van der Waals surface area (Å²) in [5.41, 5.74) is 2.10. The SMILES string of the molecule is COc1cc(C)c(C(CC(=O)O)C2CC2)cc1Cl. The van der Waals surface area contributed by atoms with Gasteiger partial charge in [0, 0.05) is 0 Å². The van der Waals surface area contributed by atoms with E-state index in [0.717, 1.165) is 24.0 Å². The van der Waals surface area contributed by atoms with Crippen LogP contribution >= 0.6 is 11.6 Å². The summed E-state index contributed by atoms with van der Waals surface area (Å²) >= 11 is 6.13. The number of aryl methyl sites for hydroxylation is 1. The van der Waals surface area contributed by atoms with Crippen LogP contribution in [-0.2, 0) is 4.79 Å². The third kappa shape index (κ3) is 2.78. The van der Waals surface area contributed by atoms with E-state index in [1.165, 1.54) is 0 Å². The van der Waals surface area contributed by atoms with Gasteiger partial charge in [-0.1, -0.05) is 11.6 Å². The Balaban J connectivity index is 2.35. The van der Waals surface area contributed by atoms with Crippen molar-refractivity contribution < 1.29 is 14.6 Å². The number of aliphatic carboxylic acids is 1. The predicted octanol–water partition coefficient (Wildman–Crippen LogP) is 3.63. The number of methoxy groups -OCH3 is 1. The first-order valence-electron chi connectivity index (χ1n) is 6.08. The number of ether oxygens (including phenoxy) is 1. The van der Waals surface area contributed by atoms with E-state index in [9.17, 15) is 4.79 Å². The van der Waals surface area contributed by atoms with Crippen LogP contribution in [0.15, 0.2) is 12.1 Å². The van der Waals surface area contributed by atoms with Gasteiger partial charge in [-0.25, -0.2) is 0 Å². The molecule has 0 saturated heterocycles. The van der Waals surface area contributed by atoms with Crippen molar-refractivity contribution in [1.29, 1.82) is 0 Å². The summed E-state index contributed by atoms with van der Waals surface area (Å²) in [6.07, 6.45) is 2.40. The number of carboxylic acids is 1. The normalized spacial score (nSPS) is 16.4. The lowest BCUT2D eigenvalue weighted by atomic mass is 9.88. The lowest BCUT2D eigenvalue weighted by Gasteiger charge is -2.18. The molecule has 1 aromatic rings. The molecule has 18 heavy (non-hydrogen) atoms. The van der Waals surface area contributed by atoms with E-state index in [1.54, 1.807) is 7.11 Å². The third-order valence-corrected chi connectivity index (χ3v) is 3.82. The van der Waals surface area contributed by atoms with E-state index >= 15 is 0 Å². The number of hydrogen-bond donors (Lipinski definition) is 1. The Morgan fingerprint density at radius 2 is 2.22 bits per heavy atom. The third-order valence-electron chi connectivity index (χ3n) is 3.53. The molecule has 98 valence electrons. The first-order valence-corrected chi connectivity index (χ1v) is 6.46. The summed E-state index contributed by atoms with van der Waals surface area (Å²) in [5, 5.41) is 9.58. The molecule has 0 heterocycles. The van der Waals surface area contributed by atoms with Crippen molar-refractivity contribution in [2.24, 2.45) is 5.92 Å². The van der Waals surface area contributed by atoms with Crippen molar-refractivity contribution in [3.05, 3.63) is 28.3 Å². The number of hydrogen-bond acceptors (Lipinski definition) is 2. The fourth-order valence-electron chi connectivity index (χ4n) is 2.44. The van der Waals surface area contributed by atoms with Crippen LogP contribution in [0.1, 0.15) is 36.3 Å². The van der Waals surface area contributed by atoms with Crippen molar-refractivity contribution in [3.63, 3.8) is 0 Å². The highest BCUT2D eigenvalue weighted by atomic mass is 35.5. The molecule has 1 saturated carbocycles. The van der Waals surface area contributed by atoms with Crippen molar-refractivity contribution in [2.75, 3.05) is 7.11 Å². The number of carbonyl (C=O) groups is 1. The molecule has 0 aliphatic heterocycles. The molecular formula is C14H17ClO3. The van der Waals surface area contributed by atoms with Gasteiger partial charge in [-0.15, -0.1) is 0 Å². The summed E-state index contributed by atoms with van der Waals surface area (Å²) in [7, 11) is 1.58. The lowest BCUT2D eigenvalue weighted by molar-refractivity contribution is -0.137. The van der Waals surface area contributed by atoms with Crippen LogP contribution in [0.2, 0.25) is 5.02 Å². The van der Waals surface area contributed by atoms with Gasteiger partial charge in [0.2, 0.25) is 0 Å². The maximum Gasteiger partial charge on any atom is 0.303 e. The maximum atomic E-state index is 11.0. The maximum absolute atomic E-state index is 11.0. The van der Waals surface area contributed by atoms with Crippen LogP contribution in [0.25, 0.3) is 0 Å². The Morgan fingerprint density at radius 1 is 1.56 bits per heavy atom. The second-order valence-corrected chi connectivity index (χ2v) is 5.29. The molecule has 1 unspecified atom stereocenters. The largest absolute Gasteiger partial charge is 0.495 e.